The van der Waals surface area contributed by atoms with Crippen LogP contribution in [-0.4, -0.2) is 46.7 Å². The van der Waals surface area contributed by atoms with E-state index in [1.54, 1.807) is 31.2 Å². The number of fused-ring (bicyclic) bond motifs is 1. The molecular weight excluding hydrogens is 339 g/mol. The van der Waals surface area contributed by atoms with Gasteiger partial charge in [0, 0.05) is 6.54 Å². The zero-order valence-electron chi connectivity index (χ0n) is 13.6. The van der Waals surface area contributed by atoms with Gasteiger partial charge < -0.3 is 14.6 Å². The van der Waals surface area contributed by atoms with Crippen molar-refractivity contribution in [2.75, 3.05) is 19.8 Å². The van der Waals surface area contributed by atoms with E-state index in [-0.39, 0.29) is 31.0 Å². The lowest BCUT2D eigenvalue weighted by atomic mass is 10.2. The van der Waals surface area contributed by atoms with Gasteiger partial charge in [-0.15, -0.1) is 0 Å². The van der Waals surface area contributed by atoms with E-state index >= 15 is 0 Å². The van der Waals surface area contributed by atoms with Gasteiger partial charge in [0.15, 0.2) is 0 Å². The first kappa shape index (κ1) is 18.9. The largest absolute Gasteiger partial charge is 0.411 e. The summed E-state index contributed by atoms with van der Waals surface area (Å²) in [6.45, 7) is 0.416. The molecule has 0 fully saturated rings. The average molecular weight is 357 g/mol. The van der Waals surface area contributed by atoms with E-state index in [0.717, 1.165) is 0 Å². The predicted octanol–water partition coefficient (Wildman–Crippen LogP) is 2.24. The highest BCUT2D eigenvalue weighted by atomic mass is 19.4. The number of hydrogen-bond donors (Lipinski definition) is 1. The number of rotatable bonds is 7. The highest BCUT2D eigenvalue weighted by Crippen LogP contribution is 2.14. The third-order valence-electron chi connectivity index (χ3n) is 3.46. The molecule has 0 aliphatic carbocycles. The van der Waals surface area contributed by atoms with Gasteiger partial charge in [-0.25, -0.2) is 4.98 Å². The maximum atomic E-state index is 12.1. The molecule has 0 spiro atoms. The molecule has 1 aromatic carbocycles. The Hall–Kier alpha value is -2.42. The van der Waals surface area contributed by atoms with Gasteiger partial charge in [-0.3, -0.25) is 9.59 Å². The SMILES string of the molecule is CCN(Cc1nc2ccccc2c(=O)[nH]1)C(=O)CCOCC(F)(F)F. The van der Waals surface area contributed by atoms with Crippen molar-refractivity contribution in [3.8, 4) is 0 Å². The quantitative estimate of drug-likeness (QED) is 0.771. The lowest BCUT2D eigenvalue weighted by Gasteiger charge is -2.20. The number of hydrogen-bond acceptors (Lipinski definition) is 4. The first-order valence-electron chi connectivity index (χ1n) is 7.70. The first-order valence-corrected chi connectivity index (χ1v) is 7.70. The van der Waals surface area contributed by atoms with Gasteiger partial charge in [0.25, 0.3) is 5.56 Å². The van der Waals surface area contributed by atoms with E-state index in [1.165, 1.54) is 4.90 Å². The Morgan fingerprint density at radius 2 is 2.04 bits per heavy atom. The van der Waals surface area contributed by atoms with E-state index in [1.807, 2.05) is 0 Å². The molecule has 0 aliphatic rings. The minimum absolute atomic E-state index is 0.0642. The Morgan fingerprint density at radius 1 is 1.32 bits per heavy atom. The van der Waals surface area contributed by atoms with Crippen LogP contribution >= 0.6 is 0 Å². The summed E-state index contributed by atoms with van der Waals surface area (Å²) >= 11 is 0. The molecule has 1 aromatic heterocycles. The van der Waals surface area contributed by atoms with Gasteiger partial charge in [-0.05, 0) is 19.1 Å². The Balaban J connectivity index is 1.99. The molecule has 0 saturated carbocycles. The molecule has 0 radical (unpaired) electrons. The fraction of sp³-hybridized carbons (Fsp3) is 0.438. The monoisotopic (exact) mass is 357 g/mol. The van der Waals surface area contributed by atoms with Crippen LogP contribution < -0.4 is 5.56 Å². The molecule has 1 N–H and O–H groups in total. The van der Waals surface area contributed by atoms with E-state index in [2.05, 4.69) is 14.7 Å². The van der Waals surface area contributed by atoms with Gasteiger partial charge in [0.1, 0.15) is 12.4 Å². The van der Waals surface area contributed by atoms with Crippen LogP contribution in [0.5, 0.6) is 0 Å². The molecule has 1 heterocycles. The normalized spacial score (nSPS) is 11.7. The second-order valence-corrected chi connectivity index (χ2v) is 5.36. The van der Waals surface area contributed by atoms with Crippen LogP contribution in [0.2, 0.25) is 0 Å². The maximum Gasteiger partial charge on any atom is 0.411 e. The fourth-order valence-electron chi connectivity index (χ4n) is 2.27. The van der Waals surface area contributed by atoms with Crippen LogP contribution in [0.4, 0.5) is 13.2 Å². The number of aromatic nitrogens is 2. The van der Waals surface area contributed by atoms with Gasteiger partial charge in [-0.1, -0.05) is 12.1 Å². The number of nitrogens with zero attached hydrogens (tertiary/aromatic N) is 2. The number of amides is 1. The molecule has 6 nitrogen and oxygen atoms in total. The molecule has 9 heteroatoms. The average Bonchev–Trinajstić information content (AvgIpc) is 2.55. The summed E-state index contributed by atoms with van der Waals surface area (Å²) in [7, 11) is 0. The maximum absolute atomic E-state index is 12.1. The van der Waals surface area contributed by atoms with Gasteiger partial charge >= 0.3 is 6.18 Å². The molecular formula is C16H18F3N3O3. The standard InChI is InChI=1S/C16H18F3N3O3/c1-2-22(14(23)7-8-25-10-16(17,18)19)9-13-20-12-6-4-3-5-11(12)15(24)21-13/h3-6H,2,7-10H2,1H3,(H,20,21,24). The summed E-state index contributed by atoms with van der Waals surface area (Å²) in [5.41, 5.74) is 0.205. The van der Waals surface area contributed by atoms with Crippen LogP contribution in [0.15, 0.2) is 29.1 Å². The Kier molecular flexibility index (Phi) is 6.13. The molecule has 2 rings (SSSR count). The van der Waals surface area contributed by atoms with Crippen LogP contribution in [0.25, 0.3) is 10.9 Å². The van der Waals surface area contributed by atoms with Crippen molar-refractivity contribution < 1.29 is 22.7 Å². The van der Waals surface area contributed by atoms with Crippen molar-refractivity contribution in [1.82, 2.24) is 14.9 Å². The molecule has 0 unspecified atom stereocenters. The number of ether oxygens (including phenoxy) is 1. The van der Waals surface area contributed by atoms with Crippen LogP contribution in [0, 0.1) is 0 Å². The molecule has 25 heavy (non-hydrogen) atoms. The number of nitrogens with one attached hydrogen (secondary N) is 1. The van der Waals surface area contributed by atoms with Crippen LogP contribution in [0.3, 0.4) is 0 Å². The highest BCUT2D eigenvalue weighted by molar-refractivity contribution is 5.78. The molecule has 136 valence electrons. The summed E-state index contributed by atoms with van der Waals surface area (Å²) in [6, 6.07) is 6.81. The third kappa shape index (κ3) is 5.56. The first-order chi connectivity index (χ1) is 11.8. The van der Waals surface area contributed by atoms with Gasteiger partial charge in [0.2, 0.25) is 5.91 Å². The van der Waals surface area contributed by atoms with Crippen molar-refractivity contribution in [2.24, 2.45) is 0 Å². The molecule has 1 amide bonds. The van der Waals surface area contributed by atoms with Crippen molar-refractivity contribution in [1.29, 1.82) is 0 Å². The predicted molar refractivity (Wildman–Crippen MR) is 84.9 cm³/mol. The van der Waals surface area contributed by atoms with Gasteiger partial charge in [0.05, 0.1) is 30.5 Å². The number of H-pyrrole nitrogens is 1. The third-order valence-corrected chi connectivity index (χ3v) is 3.46. The van der Waals surface area contributed by atoms with Crippen LogP contribution in [0.1, 0.15) is 19.2 Å². The smallest absolute Gasteiger partial charge is 0.372 e. The Bertz CT molecular complexity index is 789. The molecule has 0 bridgehead atoms. The number of carbonyl (C=O) groups excluding carboxylic acids is 1. The topological polar surface area (TPSA) is 75.3 Å². The van der Waals surface area contributed by atoms with E-state index < -0.39 is 12.8 Å². The molecule has 0 saturated heterocycles. The minimum Gasteiger partial charge on any atom is -0.372 e. The Labute approximate surface area is 141 Å². The van der Waals surface area contributed by atoms with E-state index in [9.17, 15) is 22.8 Å². The number of halogens is 3. The second-order valence-electron chi connectivity index (χ2n) is 5.36. The fourth-order valence-corrected chi connectivity index (χ4v) is 2.27. The van der Waals surface area contributed by atoms with Crippen LogP contribution in [-0.2, 0) is 16.1 Å². The number of para-hydroxylation sites is 1. The lowest BCUT2D eigenvalue weighted by molar-refractivity contribution is -0.175. The minimum atomic E-state index is -4.41. The second kappa shape index (κ2) is 8.11. The summed E-state index contributed by atoms with van der Waals surface area (Å²) in [5.74, 6) is -0.0596. The van der Waals surface area contributed by atoms with Gasteiger partial charge in [-0.2, -0.15) is 13.2 Å². The Morgan fingerprint density at radius 3 is 2.72 bits per heavy atom. The van der Waals surface area contributed by atoms with E-state index in [0.29, 0.717) is 23.3 Å². The van der Waals surface area contributed by atoms with Crippen molar-refractivity contribution >= 4 is 16.8 Å². The number of benzene rings is 1. The zero-order valence-corrected chi connectivity index (χ0v) is 13.6. The number of aromatic amines is 1. The molecule has 0 atom stereocenters. The summed E-state index contributed by atoms with van der Waals surface area (Å²) in [4.78, 5) is 32.4. The number of carbonyl (C=O) groups is 1. The summed E-state index contributed by atoms with van der Waals surface area (Å²) < 4.78 is 40.4. The molecule has 0 aliphatic heterocycles. The number of alkyl halides is 3. The lowest BCUT2D eigenvalue weighted by Crippen LogP contribution is -2.32. The highest BCUT2D eigenvalue weighted by Gasteiger charge is 2.27. The van der Waals surface area contributed by atoms with Crippen molar-refractivity contribution in [3.05, 3.63) is 40.4 Å². The van der Waals surface area contributed by atoms with E-state index in [4.69, 9.17) is 0 Å². The van der Waals surface area contributed by atoms with Crippen molar-refractivity contribution in [3.63, 3.8) is 0 Å². The zero-order chi connectivity index (χ0) is 18.4. The molecule has 2 aromatic rings. The summed E-state index contributed by atoms with van der Waals surface area (Å²) in [6.07, 6.45) is -4.59. The van der Waals surface area contributed by atoms with Crippen molar-refractivity contribution in [2.45, 2.75) is 26.1 Å². The summed E-state index contributed by atoms with van der Waals surface area (Å²) in [5, 5.41) is 0.446.